The van der Waals surface area contributed by atoms with E-state index in [0.717, 1.165) is 25.8 Å². The summed E-state index contributed by atoms with van der Waals surface area (Å²) >= 11 is 0. The maximum Gasteiger partial charge on any atom is 0.243 e. The lowest BCUT2D eigenvalue weighted by atomic mass is 9.99. The molecule has 1 heterocycles. The maximum absolute atomic E-state index is 12.1. The van der Waals surface area contributed by atoms with Crippen LogP contribution in [0.3, 0.4) is 0 Å². The quantitative estimate of drug-likeness (QED) is 0.798. The van der Waals surface area contributed by atoms with Gasteiger partial charge in [0.25, 0.3) is 0 Å². The first-order valence-corrected chi connectivity index (χ1v) is 6.46. The second kappa shape index (κ2) is 5.52. The Labute approximate surface area is 104 Å². The molecule has 0 saturated carbocycles. The summed E-state index contributed by atoms with van der Waals surface area (Å²) in [6.45, 7) is 8.43. The van der Waals surface area contributed by atoms with Gasteiger partial charge in [-0.1, -0.05) is 6.92 Å². The molecule has 0 aromatic carbocycles. The molecule has 1 aliphatic heterocycles. The zero-order valence-corrected chi connectivity index (χ0v) is 11.4. The number of likely N-dealkylation sites (tertiary alicyclic amines) is 1. The van der Waals surface area contributed by atoms with Gasteiger partial charge in [-0.05, 0) is 40.0 Å². The van der Waals surface area contributed by atoms with E-state index in [0.29, 0.717) is 6.42 Å². The molecule has 4 heteroatoms. The lowest BCUT2D eigenvalue weighted by Crippen LogP contribution is -2.55. The number of amides is 2. The molecular formula is C13H24N2O2. The summed E-state index contributed by atoms with van der Waals surface area (Å²) in [5.74, 6) is 0.0674. The highest BCUT2D eigenvalue weighted by atomic mass is 16.2. The fourth-order valence-electron chi connectivity index (χ4n) is 2.16. The fraction of sp³-hybridized carbons (Fsp3) is 0.846. The molecule has 0 bridgehead atoms. The van der Waals surface area contributed by atoms with Crippen LogP contribution in [0.5, 0.6) is 0 Å². The smallest absolute Gasteiger partial charge is 0.243 e. The van der Waals surface area contributed by atoms with Crippen molar-refractivity contribution < 1.29 is 9.59 Å². The van der Waals surface area contributed by atoms with Crippen LogP contribution >= 0.6 is 0 Å². The molecule has 1 aliphatic rings. The number of carbonyl (C=O) groups is 2. The molecule has 1 N–H and O–H groups in total. The number of piperidine rings is 1. The van der Waals surface area contributed by atoms with E-state index >= 15 is 0 Å². The van der Waals surface area contributed by atoms with Crippen molar-refractivity contribution in [2.75, 3.05) is 6.54 Å². The Morgan fingerprint density at radius 3 is 2.47 bits per heavy atom. The minimum Gasteiger partial charge on any atom is -0.350 e. The van der Waals surface area contributed by atoms with Gasteiger partial charge in [-0.25, -0.2) is 0 Å². The predicted molar refractivity (Wildman–Crippen MR) is 67.5 cm³/mol. The minimum atomic E-state index is -0.268. The summed E-state index contributed by atoms with van der Waals surface area (Å²) in [6.07, 6.45) is 3.29. The third-order valence-electron chi connectivity index (χ3n) is 2.93. The van der Waals surface area contributed by atoms with Crippen LogP contribution in [0.4, 0.5) is 0 Å². The van der Waals surface area contributed by atoms with Crippen molar-refractivity contribution in [1.82, 2.24) is 10.2 Å². The SMILES string of the molecule is CCC(=O)N1CCCCC1C(=O)NC(C)(C)C. The van der Waals surface area contributed by atoms with E-state index in [1.165, 1.54) is 0 Å². The first-order valence-electron chi connectivity index (χ1n) is 6.46. The van der Waals surface area contributed by atoms with Crippen LogP contribution in [0.25, 0.3) is 0 Å². The van der Waals surface area contributed by atoms with E-state index in [2.05, 4.69) is 5.32 Å². The van der Waals surface area contributed by atoms with Gasteiger partial charge in [0, 0.05) is 18.5 Å². The Morgan fingerprint density at radius 2 is 1.94 bits per heavy atom. The standard InChI is InChI=1S/C13H24N2O2/c1-5-11(16)15-9-7-6-8-10(15)12(17)14-13(2,3)4/h10H,5-9H2,1-4H3,(H,14,17). The van der Waals surface area contributed by atoms with E-state index in [9.17, 15) is 9.59 Å². The van der Waals surface area contributed by atoms with Crippen molar-refractivity contribution >= 4 is 11.8 Å². The highest BCUT2D eigenvalue weighted by Crippen LogP contribution is 2.19. The molecule has 1 fully saturated rings. The molecule has 1 saturated heterocycles. The van der Waals surface area contributed by atoms with Crippen molar-refractivity contribution in [3.63, 3.8) is 0 Å². The second-order valence-electron chi connectivity index (χ2n) is 5.69. The van der Waals surface area contributed by atoms with Gasteiger partial charge in [-0.3, -0.25) is 9.59 Å². The van der Waals surface area contributed by atoms with Crippen LogP contribution < -0.4 is 5.32 Å². The lowest BCUT2D eigenvalue weighted by molar-refractivity contribution is -0.142. The Balaban J connectivity index is 2.71. The van der Waals surface area contributed by atoms with Crippen molar-refractivity contribution in [2.24, 2.45) is 0 Å². The van der Waals surface area contributed by atoms with Crippen LogP contribution in [0.1, 0.15) is 53.4 Å². The molecule has 0 aromatic rings. The Bertz CT molecular complexity index is 294. The molecular weight excluding hydrogens is 216 g/mol. The number of hydrogen-bond acceptors (Lipinski definition) is 2. The monoisotopic (exact) mass is 240 g/mol. The van der Waals surface area contributed by atoms with Crippen LogP contribution in [0.2, 0.25) is 0 Å². The van der Waals surface area contributed by atoms with E-state index in [4.69, 9.17) is 0 Å². The number of rotatable bonds is 2. The summed E-state index contributed by atoms with van der Waals surface area (Å²) in [6, 6.07) is -0.268. The normalized spacial score (nSPS) is 21.2. The van der Waals surface area contributed by atoms with Gasteiger partial charge in [0.15, 0.2) is 0 Å². The molecule has 0 spiro atoms. The third kappa shape index (κ3) is 4.02. The molecule has 98 valence electrons. The zero-order chi connectivity index (χ0) is 13.1. The van der Waals surface area contributed by atoms with Gasteiger partial charge in [-0.15, -0.1) is 0 Å². The second-order valence-corrected chi connectivity index (χ2v) is 5.69. The largest absolute Gasteiger partial charge is 0.350 e. The van der Waals surface area contributed by atoms with Crippen LogP contribution in [0.15, 0.2) is 0 Å². The van der Waals surface area contributed by atoms with Crippen molar-refractivity contribution in [1.29, 1.82) is 0 Å². The van der Waals surface area contributed by atoms with Crippen LogP contribution in [-0.2, 0) is 9.59 Å². The Kier molecular flexibility index (Phi) is 4.54. The molecule has 1 rings (SSSR count). The predicted octanol–water partition coefficient (Wildman–Crippen LogP) is 1.69. The summed E-state index contributed by atoms with van der Waals surface area (Å²) in [7, 11) is 0. The maximum atomic E-state index is 12.1. The van der Waals surface area contributed by atoms with Gasteiger partial charge >= 0.3 is 0 Å². The van der Waals surface area contributed by atoms with Crippen molar-refractivity contribution in [3.8, 4) is 0 Å². The fourth-order valence-corrected chi connectivity index (χ4v) is 2.16. The number of carbonyl (C=O) groups excluding carboxylic acids is 2. The van der Waals surface area contributed by atoms with Gasteiger partial charge in [0.2, 0.25) is 11.8 Å². The molecule has 2 amide bonds. The molecule has 1 unspecified atom stereocenters. The first kappa shape index (κ1) is 14.0. The van der Waals surface area contributed by atoms with Gasteiger partial charge in [-0.2, -0.15) is 0 Å². The summed E-state index contributed by atoms with van der Waals surface area (Å²) in [5.41, 5.74) is -0.241. The lowest BCUT2D eigenvalue weighted by Gasteiger charge is -2.36. The minimum absolute atomic E-state index is 0.0148. The number of hydrogen-bond donors (Lipinski definition) is 1. The van der Waals surface area contributed by atoms with Gasteiger partial charge in [0.05, 0.1) is 0 Å². The van der Waals surface area contributed by atoms with Crippen LogP contribution in [-0.4, -0.2) is 34.8 Å². The zero-order valence-electron chi connectivity index (χ0n) is 11.4. The van der Waals surface area contributed by atoms with E-state index < -0.39 is 0 Å². The van der Waals surface area contributed by atoms with E-state index in [-0.39, 0.29) is 23.4 Å². The Hall–Kier alpha value is -1.06. The van der Waals surface area contributed by atoms with E-state index in [1.807, 2.05) is 27.7 Å². The average molecular weight is 240 g/mol. The van der Waals surface area contributed by atoms with Crippen molar-refractivity contribution in [3.05, 3.63) is 0 Å². The summed E-state index contributed by atoms with van der Waals surface area (Å²) in [5, 5.41) is 2.96. The molecule has 17 heavy (non-hydrogen) atoms. The Morgan fingerprint density at radius 1 is 1.29 bits per heavy atom. The molecule has 0 aromatic heterocycles. The molecule has 1 atom stereocenters. The highest BCUT2D eigenvalue weighted by Gasteiger charge is 2.32. The van der Waals surface area contributed by atoms with Crippen LogP contribution in [0, 0.1) is 0 Å². The van der Waals surface area contributed by atoms with Crippen molar-refractivity contribution in [2.45, 2.75) is 65.0 Å². The van der Waals surface area contributed by atoms with Gasteiger partial charge in [0.1, 0.15) is 6.04 Å². The van der Waals surface area contributed by atoms with E-state index in [1.54, 1.807) is 4.90 Å². The summed E-state index contributed by atoms with van der Waals surface area (Å²) < 4.78 is 0. The molecule has 0 aliphatic carbocycles. The first-order chi connectivity index (χ1) is 7.85. The van der Waals surface area contributed by atoms with Gasteiger partial charge < -0.3 is 10.2 Å². The number of nitrogens with one attached hydrogen (secondary N) is 1. The third-order valence-corrected chi connectivity index (χ3v) is 2.93. The topological polar surface area (TPSA) is 49.4 Å². The number of nitrogens with zero attached hydrogens (tertiary/aromatic N) is 1. The molecule has 4 nitrogen and oxygen atoms in total. The summed E-state index contributed by atoms with van der Waals surface area (Å²) in [4.78, 5) is 25.7. The average Bonchev–Trinajstić information content (AvgIpc) is 2.25. The molecule has 0 radical (unpaired) electrons. The highest BCUT2D eigenvalue weighted by molar-refractivity contribution is 5.88.